The van der Waals surface area contributed by atoms with Crippen LogP contribution in [0.25, 0.3) is 0 Å². The number of aromatic nitrogens is 1. The van der Waals surface area contributed by atoms with Gasteiger partial charge < -0.3 is 9.84 Å². The van der Waals surface area contributed by atoms with E-state index in [-0.39, 0.29) is 18.0 Å². The molecule has 1 amide bonds. The first-order chi connectivity index (χ1) is 10.9. The van der Waals surface area contributed by atoms with E-state index in [4.69, 9.17) is 4.52 Å². The van der Waals surface area contributed by atoms with E-state index in [1.165, 1.54) is 4.31 Å². The fraction of sp³-hybridized carbons (Fsp3) is 0.600. The van der Waals surface area contributed by atoms with Crippen LogP contribution in [0.4, 0.5) is 0 Å². The summed E-state index contributed by atoms with van der Waals surface area (Å²) in [5.74, 6) is 0.921. The van der Waals surface area contributed by atoms with Crippen molar-refractivity contribution in [3.8, 4) is 0 Å². The van der Waals surface area contributed by atoms with Crippen LogP contribution >= 0.6 is 0 Å². The SMILES string of the molecule is C=CS(=O)(=O)N1CCC(NC(=O)c2cc(C3CC3)on2)C[C@H]1C. The van der Waals surface area contributed by atoms with E-state index in [1.807, 2.05) is 6.92 Å². The van der Waals surface area contributed by atoms with Crippen molar-refractivity contribution in [2.75, 3.05) is 6.54 Å². The second kappa shape index (κ2) is 6.09. The molecule has 2 fully saturated rings. The van der Waals surface area contributed by atoms with Gasteiger partial charge in [0.2, 0.25) is 10.0 Å². The Morgan fingerprint density at radius 1 is 1.48 bits per heavy atom. The van der Waals surface area contributed by atoms with Crippen molar-refractivity contribution in [2.45, 2.75) is 50.6 Å². The van der Waals surface area contributed by atoms with E-state index in [0.717, 1.165) is 24.0 Å². The molecule has 1 saturated heterocycles. The molecule has 0 spiro atoms. The van der Waals surface area contributed by atoms with Gasteiger partial charge in [-0.25, -0.2) is 8.42 Å². The van der Waals surface area contributed by atoms with Gasteiger partial charge in [-0.3, -0.25) is 4.79 Å². The molecule has 0 bridgehead atoms. The second-order valence-electron chi connectivity index (χ2n) is 6.25. The van der Waals surface area contributed by atoms with Crippen molar-refractivity contribution in [1.82, 2.24) is 14.8 Å². The van der Waals surface area contributed by atoms with E-state index in [0.29, 0.717) is 31.0 Å². The van der Waals surface area contributed by atoms with Crippen molar-refractivity contribution in [3.63, 3.8) is 0 Å². The molecule has 2 aliphatic rings. The number of carbonyl (C=O) groups is 1. The maximum absolute atomic E-state index is 12.2. The number of hydrogen-bond donors (Lipinski definition) is 1. The Labute approximate surface area is 135 Å². The zero-order chi connectivity index (χ0) is 16.6. The molecule has 0 aromatic carbocycles. The molecule has 8 heteroatoms. The third-order valence-corrected chi connectivity index (χ3v) is 6.05. The molecule has 1 saturated carbocycles. The van der Waals surface area contributed by atoms with Gasteiger partial charge in [0, 0.05) is 36.0 Å². The molecule has 23 heavy (non-hydrogen) atoms. The molecule has 1 aromatic rings. The number of hydrogen-bond acceptors (Lipinski definition) is 5. The van der Waals surface area contributed by atoms with Gasteiger partial charge in [0.25, 0.3) is 5.91 Å². The summed E-state index contributed by atoms with van der Waals surface area (Å²) in [6, 6.07) is 1.44. The van der Waals surface area contributed by atoms with Crippen LogP contribution in [0.5, 0.6) is 0 Å². The normalized spacial score (nSPS) is 26.0. The van der Waals surface area contributed by atoms with Gasteiger partial charge in [-0.1, -0.05) is 11.7 Å². The predicted molar refractivity (Wildman–Crippen MR) is 84.3 cm³/mol. The molecule has 3 rings (SSSR count). The van der Waals surface area contributed by atoms with Crippen LogP contribution < -0.4 is 5.32 Å². The summed E-state index contributed by atoms with van der Waals surface area (Å²) in [6.45, 7) is 5.55. The lowest BCUT2D eigenvalue weighted by Crippen LogP contribution is -2.50. The van der Waals surface area contributed by atoms with Crippen LogP contribution in [0.2, 0.25) is 0 Å². The van der Waals surface area contributed by atoms with E-state index >= 15 is 0 Å². The summed E-state index contributed by atoms with van der Waals surface area (Å²) in [5, 5.41) is 7.71. The molecule has 126 valence electrons. The minimum absolute atomic E-state index is 0.0742. The van der Waals surface area contributed by atoms with Gasteiger partial charge in [0.15, 0.2) is 5.69 Å². The van der Waals surface area contributed by atoms with Gasteiger partial charge in [-0.15, -0.1) is 0 Å². The lowest BCUT2D eigenvalue weighted by atomic mass is 10.0. The molecular weight excluding hydrogens is 318 g/mol. The lowest BCUT2D eigenvalue weighted by molar-refractivity contribution is 0.0905. The Morgan fingerprint density at radius 2 is 2.22 bits per heavy atom. The Morgan fingerprint density at radius 3 is 2.83 bits per heavy atom. The standard InChI is InChI=1S/C15H21N3O4S/c1-3-23(20,21)18-7-6-12(8-10(18)2)16-15(19)13-9-14(22-17-13)11-4-5-11/h3,9-12H,1,4-8H2,2H3,(H,16,19)/t10-,12?/m1/s1. The van der Waals surface area contributed by atoms with Gasteiger partial charge in [-0.2, -0.15) is 4.31 Å². The molecule has 2 atom stereocenters. The maximum atomic E-state index is 12.2. The number of carbonyl (C=O) groups excluding carboxylic acids is 1. The summed E-state index contributed by atoms with van der Waals surface area (Å²) in [6.07, 6.45) is 3.30. The van der Waals surface area contributed by atoms with Crippen LogP contribution in [-0.2, 0) is 10.0 Å². The first kappa shape index (κ1) is 16.2. The molecule has 2 heterocycles. The van der Waals surface area contributed by atoms with Crippen LogP contribution in [-0.4, -0.2) is 42.4 Å². The molecule has 1 unspecified atom stereocenters. The van der Waals surface area contributed by atoms with Crippen LogP contribution in [0, 0.1) is 0 Å². The molecule has 1 N–H and O–H groups in total. The summed E-state index contributed by atoms with van der Waals surface area (Å²) >= 11 is 0. The summed E-state index contributed by atoms with van der Waals surface area (Å²) in [7, 11) is -3.42. The molecule has 1 aliphatic carbocycles. The number of nitrogens with zero attached hydrogens (tertiary/aromatic N) is 2. The minimum atomic E-state index is -3.42. The van der Waals surface area contributed by atoms with E-state index in [2.05, 4.69) is 17.1 Å². The first-order valence-corrected chi connectivity index (χ1v) is 9.33. The third-order valence-electron chi connectivity index (χ3n) is 4.43. The third kappa shape index (κ3) is 3.48. The molecule has 0 radical (unpaired) electrons. The summed E-state index contributed by atoms with van der Waals surface area (Å²) < 4.78 is 30.4. The Kier molecular flexibility index (Phi) is 4.29. The minimum Gasteiger partial charge on any atom is -0.360 e. The smallest absolute Gasteiger partial charge is 0.273 e. The number of nitrogens with one attached hydrogen (secondary N) is 1. The highest BCUT2D eigenvalue weighted by Crippen LogP contribution is 2.40. The predicted octanol–water partition coefficient (Wildman–Crippen LogP) is 1.61. The first-order valence-electron chi connectivity index (χ1n) is 7.82. The second-order valence-corrected chi connectivity index (χ2v) is 8.09. The highest BCUT2D eigenvalue weighted by Gasteiger charge is 2.33. The monoisotopic (exact) mass is 339 g/mol. The number of sulfonamides is 1. The highest BCUT2D eigenvalue weighted by molar-refractivity contribution is 7.92. The number of amides is 1. The fourth-order valence-corrected chi connectivity index (χ4v) is 4.11. The number of piperidine rings is 1. The van der Waals surface area contributed by atoms with Crippen molar-refractivity contribution >= 4 is 15.9 Å². The number of rotatable bonds is 5. The Balaban J connectivity index is 1.58. The topological polar surface area (TPSA) is 92.5 Å². The van der Waals surface area contributed by atoms with Gasteiger partial charge in [0.1, 0.15) is 5.76 Å². The van der Waals surface area contributed by atoms with E-state index in [1.54, 1.807) is 6.07 Å². The van der Waals surface area contributed by atoms with Crippen LogP contribution in [0.3, 0.4) is 0 Å². The highest BCUT2D eigenvalue weighted by atomic mass is 32.2. The van der Waals surface area contributed by atoms with Crippen LogP contribution in [0.1, 0.15) is 54.8 Å². The van der Waals surface area contributed by atoms with E-state index in [9.17, 15) is 13.2 Å². The van der Waals surface area contributed by atoms with Crippen molar-refractivity contribution in [3.05, 3.63) is 29.5 Å². The maximum Gasteiger partial charge on any atom is 0.273 e. The largest absolute Gasteiger partial charge is 0.360 e. The quantitative estimate of drug-likeness (QED) is 0.880. The zero-order valence-electron chi connectivity index (χ0n) is 13.1. The molecule has 1 aliphatic heterocycles. The van der Waals surface area contributed by atoms with Gasteiger partial charge in [0.05, 0.1) is 0 Å². The molecular formula is C15H21N3O4S. The van der Waals surface area contributed by atoms with Gasteiger partial charge in [-0.05, 0) is 32.6 Å². The van der Waals surface area contributed by atoms with Crippen LogP contribution in [0.15, 0.2) is 22.6 Å². The van der Waals surface area contributed by atoms with Gasteiger partial charge >= 0.3 is 0 Å². The molecule has 1 aromatic heterocycles. The van der Waals surface area contributed by atoms with Crippen molar-refractivity contribution < 1.29 is 17.7 Å². The summed E-state index contributed by atoms with van der Waals surface area (Å²) in [5.41, 5.74) is 0.292. The van der Waals surface area contributed by atoms with Crippen molar-refractivity contribution in [2.24, 2.45) is 0 Å². The Hall–Kier alpha value is -1.67. The average molecular weight is 339 g/mol. The molecule has 7 nitrogen and oxygen atoms in total. The summed E-state index contributed by atoms with van der Waals surface area (Å²) in [4.78, 5) is 12.2. The fourth-order valence-electron chi connectivity index (χ4n) is 2.97. The Bertz CT molecular complexity index is 708. The lowest BCUT2D eigenvalue weighted by Gasteiger charge is -2.36. The zero-order valence-corrected chi connectivity index (χ0v) is 13.9. The van der Waals surface area contributed by atoms with Crippen molar-refractivity contribution in [1.29, 1.82) is 0 Å². The van der Waals surface area contributed by atoms with E-state index < -0.39 is 10.0 Å². The average Bonchev–Trinajstić information content (AvgIpc) is 3.24.